The first-order valence-electron chi connectivity index (χ1n) is 12.0. The summed E-state index contributed by atoms with van der Waals surface area (Å²) < 4.78 is 60.9. The van der Waals surface area contributed by atoms with Gasteiger partial charge in [0.1, 0.15) is 5.75 Å². The molecule has 3 rings (SSSR count). The van der Waals surface area contributed by atoms with Crippen LogP contribution in [0.5, 0.6) is 5.75 Å². The highest BCUT2D eigenvalue weighted by Crippen LogP contribution is 2.40. The summed E-state index contributed by atoms with van der Waals surface area (Å²) in [6.07, 6.45) is -3.42. The van der Waals surface area contributed by atoms with E-state index in [-0.39, 0.29) is 49.6 Å². The molecule has 1 atom stereocenters. The van der Waals surface area contributed by atoms with E-state index in [0.29, 0.717) is 38.0 Å². The van der Waals surface area contributed by atoms with Gasteiger partial charge in [-0.25, -0.2) is 4.39 Å². The summed E-state index contributed by atoms with van der Waals surface area (Å²) in [4.78, 5) is 27.2. The molecule has 2 aliphatic heterocycles. The molecule has 0 spiro atoms. The van der Waals surface area contributed by atoms with Crippen LogP contribution >= 0.6 is 0 Å². The number of nitrogens with zero attached hydrogens (tertiary/aromatic N) is 2. The van der Waals surface area contributed by atoms with Gasteiger partial charge in [0.2, 0.25) is 5.67 Å². The molecule has 0 radical (unpaired) electrons. The zero-order chi connectivity index (χ0) is 26.0. The number of ether oxygens (including phenoxy) is 1. The highest BCUT2D eigenvalue weighted by atomic mass is 19.4. The monoisotopic (exact) mass is 502 g/mol. The minimum Gasteiger partial charge on any atom is -0.493 e. The number of alkyl halides is 4. The molecular formula is C25H34F4N2O4. The smallest absolute Gasteiger partial charge is 0.416 e. The van der Waals surface area contributed by atoms with E-state index >= 15 is 4.39 Å². The van der Waals surface area contributed by atoms with E-state index in [9.17, 15) is 22.8 Å². The average Bonchev–Trinajstić information content (AvgIpc) is 3.19. The van der Waals surface area contributed by atoms with Gasteiger partial charge in [-0.3, -0.25) is 14.5 Å². The Morgan fingerprint density at radius 1 is 1.14 bits per heavy atom. The standard InChI is InChI=1S/C25H34F4N2O4/c1-23(2,3)31-13-10-24(26,16-31)22(34)30-11-8-17(9-12-30)19-7-6-18(25(27,28)29)15-20(19)35-14-4-5-21(32)33/h6-7,15,17H,4-5,8-14,16H2,1-3H3,(H,32,33)/t24-/m1/s1. The van der Waals surface area contributed by atoms with Crippen molar-refractivity contribution in [2.24, 2.45) is 0 Å². The summed E-state index contributed by atoms with van der Waals surface area (Å²) in [6, 6.07) is 3.35. The lowest BCUT2D eigenvalue weighted by atomic mass is 9.87. The van der Waals surface area contributed by atoms with E-state index in [1.165, 1.54) is 11.0 Å². The molecule has 0 bridgehead atoms. The fraction of sp³-hybridized carbons (Fsp3) is 0.680. The second kappa shape index (κ2) is 10.3. The van der Waals surface area contributed by atoms with Crippen LogP contribution in [0.3, 0.4) is 0 Å². The van der Waals surface area contributed by atoms with Gasteiger partial charge in [-0.1, -0.05) is 6.07 Å². The normalized spacial score (nSPS) is 22.4. The Kier molecular flexibility index (Phi) is 8.03. The first-order chi connectivity index (χ1) is 16.2. The van der Waals surface area contributed by atoms with E-state index in [0.717, 1.165) is 12.1 Å². The lowest BCUT2D eigenvalue weighted by molar-refractivity contribution is -0.144. The minimum absolute atomic E-state index is 0.0212. The maximum absolute atomic E-state index is 15.5. The number of aliphatic carboxylic acids is 1. The van der Waals surface area contributed by atoms with Gasteiger partial charge in [-0.2, -0.15) is 13.2 Å². The number of carboxylic acid groups (broad SMARTS) is 1. The minimum atomic E-state index is -4.54. The van der Waals surface area contributed by atoms with Crippen molar-refractivity contribution in [1.82, 2.24) is 9.80 Å². The van der Waals surface area contributed by atoms with Crippen molar-refractivity contribution >= 4 is 11.9 Å². The van der Waals surface area contributed by atoms with Gasteiger partial charge in [0.15, 0.2) is 0 Å². The second-order valence-electron chi connectivity index (χ2n) is 10.5. The molecule has 0 aromatic heterocycles. The molecule has 1 amide bonds. The number of likely N-dealkylation sites (tertiary alicyclic amines) is 2. The van der Waals surface area contributed by atoms with Crippen LogP contribution in [0.1, 0.15) is 69.9 Å². The molecule has 10 heteroatoms. The second-order valence-corrected chi connectivity index (χ2v) is 10.5. The third-order valence-corrected chi connectivity index (χ3v) is 6.91. The molecule has 196 valence electrons. The number of carbonyl (C=O) groups excluding carboxylic acids is 1. The van der Waals surface area contributed by atoms with Crippen LogP contribution in [-0.2, 0) is 15.8 Å². The summed E-state index contributed by atoms with van der Waals surface area (Å²) >= 11 is 0. The number of carboxylic acids is 1. The highest BCUT2D eigenvalue weighted by Gasteiger charge is 2.49. The zero-order valence-corrected chi connectivity index (χ0v) is 20.5. The maximum Gasteiger partial charge on any atom is 0.416 e. The van der Waals surface area contributed by atoms with Crippen molar-refractivity contribution in [1.29, 1.82) is 0 Å². The van der Waals surface area contributed by atoms with Crippen LogP contribution in [0.2, 0.25) is 0 Å². The topological polar surface area (TPSA) is 70.1 Å². The number of halogens is 4. The number of carbonyl (C=O) groups is 2. The molecule has 0 saturated carbocycles. The summed E-state index contributed by atoms with van der Waals surface area (Å²) in [7, 11) is 0. The van der Waals surface area contributed by atoms with Crippen molar-refractivity contribution in [2.75, 3.05) is 32.8 Å². The van der Waals surface area contributed by atoms with Crippen LogP contribution < -0.4 is 4.74 Å². The molecule has 0 unspecified atom stereocenters. The number of rotatable bonds is 7. The molecule has 0 aliphatic carbocycles. The molecule has 2 fully saturated rings. The third-order valence-electron chi connectivity index (χ3n) is 6.91. The van der Waals surface area contributed by atoms with Gasteiger partial charge in [-0.15, -0.1) is 0 Å². The molecule has 1 N–H and O–H groups in total. The number of amides is 1. The Morgan fingerprint density at radius 3 is 2.34 bits per heavy atom. The molecule has 1 aromatic rings. The Morgan fingerprint density at radius 2 is 1.80 bits per heavy atom. The van der Waals surface area contributed by atoms with Crippen LogP contribution in [-0.4, -0.2) is 70.8 Å². The number of piperidine rings is 1. The van der Waals surface area contributed by atoms with Crippen LogP contribution in [0.15, 0.2) is 18.2 Å². The Balaban J connectivity index is 1.67. The van der Waals surface area contributed by atoms with Crippen molar-refractivity contribution in [3.05, 3.63) is 29.3 Å². The van der Waals surface area contributed by atoms with Crippen LogP contribution in [0.4, 0.5) is 17.6 Å². The van der Waals surface area contributed by atoms with Gasteiger partial charge in [0.05, 0.1) is 12.2 Å². The van der Waals surface area contributed by atoms with Crippen molar-refractivity contribution < 1.29 is 37.0 Å². The lowest BCUT2D eigenvalue weighted by Crippen LogP contribution is -2.51. The summed E-state index contributed by atoms with van der Waals surface area (Å²) in [5.74, 6) is -1.59. The van der Waals surface area contributed by atoms with Crippen molar-refractivity contribution in [2.45, 2.75) is 76.2 Å². The molecule has 2 heterocycles. The number of hydrogen-bond donors (Lipinski definition) is 1. The van der Waals surface area contributed by atoms with Crippen LogP contribution in [0, 0.1) is 0 Å². The predicted octanol–water partition coefficient (Wildman–Crippen LogP) is 4.87. The van der Waals surface area contributed by atoms with E-state index in [1.807, 2.05) is 25.7 Å². The van der Waals surface area contributed by atoms with Gasteiger partial charge in [0, 0.05) is 44.6 Å². The van der Waals surface area contributed by atoms with Gasteiger partial charge in [-0.05, 0) is 63.6 Å². The fourth-order valence-electron chi connectivity index (χ4n) is 4.78. The van der Waals surface area contributed by atoms with E-state index in [2.05, 4.69) is 0 Å². The van der Waals surface area contributed by atoms with E-state index < -0.39 is 29.3 Å². The lowest BCUT2D eigenvalue weighted by Gasteiger charge is -2.37. The van der Waals surface area contributed by atoms with Crippen LogP contribution in [0.25, 0.3) is 0 Å². The summed E-state index contributed by atoms with van der Waals surface area (Å²) in [6.45, 7) is 7.13. The third kappa shape index (κ3) is 6.65. The molecule has 6 nitrogen and oxygen atoms in total. The maximum atomic E-state index is 15.5. The largest absolute Gasteiger partial charge is 0.493 e. The first kappa shape index (κ1) is 27.2. The quantitative estimate of drug-likeness (QED) is 0.426. The van der Waals surface area contributed by atoms with E-state index in [4.69, 9.17) is 9.84 Å². The molecule has 35 heavy (non-hydrogen) atoms. The van der Waals surface area contributed by atoms with Gasteiger partial charge < -0.3 is 14.7 Å². The molecule has 2 aliphatic rings. The van der Waals surface area contributed by atoms with E-state index in [1.54, 1.807) is 0 Å². The van der Waals surface area contributed by atoms with Crippen molar-refractivity contribution in [3.8, 4) is 5.75 Å². The number of benzene rings is 1. The zero-order valence-electron chi connectivity index (χ0n) is 20.5. The predicted molar refractivity (Wildman–Crippen MR) is 122 cm³/mol. The molecule has 2 saturated heterocycles. The fourth-order valence-corrected chi connectivity index (χ4v) is 4.78. The number of hydrogen-bond acceptors (Lipinski definition) is 4. The Bertz CT molecular complexity index is 923. The average molecular weight is 503 g/mol. The first-order valence-corrected chi connectivity index (χ1v) is 12.0. The van der Waals surface area contributed by atoms with Crippen molar-refractivity contribution in [3.63, 3.8) is 0 Å². The Labute approximate surface area is 203 Å². The van der Waals surface area contributed by atoms with Gasteiger partial charge >= 0.3 is 12.1 Å². The summed E-state index contributed by atoms with van der Waals surface area (Å²) in [5.41, 5.74) is -2.40. The highest BCUT2D eigenvalue weighted by molar-refractivity contribution is 5.86. The molecule has 1 aromatic carbocycles. The SMILES string of the molecule is CC(C)(C)N1CC[C@](F)(C(=O)N2CCC(c3ccc(C(F)(F)F)cc3OCCCC(=O)O)CC2)C1. The Hall–Kier alpha value is -2.36. The summed E-state index contributed by atoms with van der Waals surface area (Å²) in [5, 5.41) is 8.77. The molecular weight excluding hydrogens is 468 g/mol. The van der Waals surface area contributed by atoms with Gasteiger partial charge in [0.25, 0.3) is 5.91 Å².